The average Bonchev–Trinajstić information content (AvgIpc) is 2.19. The Morgan fingerprint density at radius 1 is 1.50 bits per heavy atom. The van der Waals surface area contributed by atoms with Crippen molar-refractivity contribution < 1.29 is 27.8 Å². The fourth-order valence-electron chi connectivity index (χ4n) is 1.34. The second-order valence-corrected chi connectivity index (χ2v) is 3.29. The van der Waals surface area contributed by atoms with Crippen LogP contribution in [0.3, 0.4) is 0 Å². The van der Waals surface area contributed by atoms with Crippen LogP contribution in [0.2, 0.25) is 0 Å². The van der Waals surface area contributed by atoms with Gasteiger partial charge in [-0.1, -0.05) is 0 Å². The first-order valence-electron chi connectivity index (χ1n) is 4.65. The lowest BCUT2D eigenvalue weighted by Gasteiger charge is -2.15. The van der Waals surface area contributed by atoms with Crippen LogP contribution in [0.15, 0.2) is 10.9 Å². The second kappa shape index (κ2) is 5.08. The van der Waals surface area contributed by atoms with Crippen LogP contribution in [0.5, 0.6) is 5.75 Å². The number of ether oxygens (including phenoxy) is 1. The van der Waals surface area contributed by atoms with Crippen molar-refractivity contribution in [1.82, 2.24) is 4.98 Å². The van der Waals surface area contributed by atoms with Crippen LogP contribution in [0.1, 0.15) is 11.3 Å². The molecule has 0 fully saturated rings. The van der Waals surface area contributed by atoms with Gasteiger partial charge in [-0.2, -0.15) is 0 Å². The molecule has 0 aliphatic heterocycles. The van der Waals surface area contributed by atoms with Gasteiger partial charge in [0.25, 0.3) is 0 Å². The zero-order chi connectivity index (χ0) is 13.9. The van der Waals surface area contributed by atoms with Crippen molar-refractivity contribution >= 4 is 5.97 Å². The number of aromatic nitrogens is 1. The van der Waals surface area contributed by atoms with Crippen molar-refractivity contribution in [2.24, 2.45) is 5.73 Å². The SMILES string of the molecule is NCc1[nH]c(=O)cc(CC(=O)O)c1OC(F)(F)F. The van der Waals surface area contributed by atoms with E-state index in [1.54, 1.807) is 0 Å². The molecule has 0 amide bonds. The second-order valence-electron chi connectivity index (χ2n) is 3.29. The summed E-state index contributed by atoms with van der Waals surface area (Å²) in [6, 6.07) is 0.731. The lowest BCUT2D eigenvalue weighted by atomic mass is 10.1. The number of aromatic amines is 1. The summed E-state index contributed by atoms with van der Waals surface area (Å²) in [6.45, 7) is -0.423. The zero-order valence-electron chi connectivity index (χ0n) is 8.87. The summed E-state index contributed by atoms with van der Waals surface area (Å²) < 4.78 is 40.2. The summed E-state index contributed by atoms with van der Waals surface area (Å²) >= 11 is 0. The Kier molecular flexibility index (Phi) is 3.96. The van der Waals surface area contributed by atoms with Crippen molar-refractivity contribution in [3.63, 3.8) is 0 Å². The van der Waals surface area contributed by atoms with Crippen LogP contribution < -0.4 is 16.0 Å². The number of hydrogen-bond donors (Lipinski definition) is 3. The molecule has 1 aromatic heterocycles. The maximum atomic E-state index is 12.2. The van der Waals surface area contributed by atoms with Gasteiger partial charge >= 0.3 is 12.3 Å². The first-order chi connectivity index (χ1) is 8.23. The van der Waals surface area contributed by atoms with E-state index in [2.05, 4.69) is 9.72 Å². The maximum Gasteiger partial charge on any atom is 0.573 e. The molecule has 0 saturated carbocycles. The molecule has 18 heavy (non-hydrogen) atoms. The number of H-pyrrole nitrogens is 1. The maximum absolute atomic E-state index is 12.2. The Bertz CT molecular complexity index is 510. The van der Waals surface area contributed by atoms with Crippen LogP contribution in [0.4, 0.5) is 13.2 Å². The van der Waals surface area contributed by atoms with Gasteiger partial charge in [0.05, 0.1) is 12.1 Å². The summed E-state index contributed by atoms with van der Waals surface area (Å²) in [6.07, 6.45) is -5.78. The summed E-state index contributed by atoms with van der Waals surface area (Å²) in [4.78, 5) is 23.7. The number of halogens is 3. The largest absolute Gasteiger partial charge is 0.573 e. The first-order valence-corrected chi connectivity index (χ1v) is 4.65. The van der Waals surface area contributed by atoms with Gasteiger partial charge in [0, 0.05) is 18.2 Å². The predicted molar refractivity (Wildman–Crippen MR) is 53.0 cm³/mol. The molecule has 0 spiro atoms. The molecule has 9 heteroatoms. The van der Waals surface area contributed by atoms with E-state index in [1.807, 2.05) is 0 Å². The number of pyridine rings is 1. The smallest absolute Gasteiger partial charge is 0.481 e. The molecular weight excluding hydrogens is 257 g/mol. The first kappa shape index (κ1) is 14.0. The van der Waals surface area contributed by atoms with Gasteiger partial charge in [0.1, 0.15) is 0 Å². The van der Waals surface area contributed by atoms with Gasteiger partial charge in [-0.3, -0.25) is 9.59 Å². The zero-order valence-corrected chi connectivity index (χ0v) is 8.87. The summed E-state index contributed by atoms with van der Waals surface area (Å²) in [7, 11) is 0. The molecule has 0 saturated heterocycles. The Morgan fingerprint density at radius 2 is 2.11 bits per heavy atom. The van der Waals surface area contributed by atoms with Crippen LogP contribution >= 0.6 is 0 Å². The number of aliphatic carboxylic acids is 1. The fourth-order valence-corrected chi connectivity index (χ4v) is 1.34. The van der Waals surface area contributed by atoms with E-state index < -0.39 is 36.6 Å². The molecule has 4 N–H and O–H groups in total. The minimum Gasteiger partial charge on any atom is -0.481 e. The van der Waals surface area contributed by atoms with Crippen LogP contribution in [-0.4, -0.2) is 22.4 Å². The van der Waals surface area contributed by atoms with E-state index in [-0.39, 0.29) is 11.3 Å². The Balaban J connectivity index is 3.32. The number of carbonyl (C=O) groups is 1. The number of carboxylic acids is 1. The monoisotopic (exact) mass is 266 g/mol. The summed E-state index contributed by atoms with van der Waals surface area (Å²) in [5, 5.41) is 8.56. The topological polar surface area (TPSA) is 105 Å². The number of nitrogens with two attached hydrogens (primary N) is 1. The average molecular weight is 266 g/mol. The van der Waals surface area contributed by atoms with Gasteiger partial charge in [-0.25, -0.2) is 0 Å². The van der Waals surface area contributed by atoms with E-state index in [0.29, 0.717) is 0 Å². The number of nitrogens with one attached hydrogen (secondary N) is 1. The number of alkyl halides is 3. The molecule has 0 radical (unpaired) electrons. The summed E-state index contributed by atoms with van der Waals surface area (Å²) in [5.74, 6) is -2.16. The van der Waals surface area contributed by atoms with Gasteiger partial charge in [-0.05, 0) is 0 Å². The Hall–Kier alpha value is -2.03. The van der Waals surface area contributed by atoms with Crippen molar-refractivity contribution in [1.29, 1.82) is 0 Å². The van der Waals surface area contributed by atoms with Gasteiger partial charge in [-0.15, -0.1) is 13.2 Å². The molecular formula is C9H9F3N2O4. The molecule has 0 bridgehead atoms. The van der Waals surface area contributed by atoms with E-state index in [9.17, 15) is 22.8 Å². The quantitative estimate of drug-likeness (QED) is 0.729. The molecule has 0 atom stereocenters. The Morgan fingerprint density at radius 3 is 2.56 bits per heavy atom. The molecule has 100 valence electrons. The van der Waals surface area contributed by atoms with Crippen molar-refractivity contribution in [2.45, 2.75) is 19.3 Å². The Labute approximate surface area is 98.2 Å². The third-order valence-corrected chi connectivity index (χ3v) is 1.91. The van der Waals surface area contributed by atoms with Gasteiger partial charge < -0.3 is 20.6 Å². The molecule has 1 rings (SSSR count). The molecule has 0 aliphatic carbocycles. The van der Waals surface area contributed by atoms with E-state index >= 15 is 0 Å². The molecule has 1 heterocycles. The van der Waals surface area contributed by atoms with Crippen LogP contribution in [0, 0.1) is 0 Å². The van der Waals surface area contributed by atoms with Crippen LogP contribution in [-0.2, 0) is 17.8 Å². The van der Waals surface area contributed by atoms with Crippen LogP contribution in [0.25, 0.3) is 0 Å². The highest BCUT2D eigenvalue weighted by atomic mass is 19.4. The molecule has 0 aliphatic rings. The standard InChI is InChI=1S/C9H9F3N2O4/c10-9(11,12)18-8-4(2-7(16)17)1-6(15)14-5(8)3-13/h1H,2-3,13H2,(H,14,15)(H,16,17). The minimum atomic E-state index is -5.00. The van der Waals surface area contributed by atoms with E-state index in [1.165, 1.54) is 0 Å². The normalized spacial score (nSPS) is 11.3. The summed E-state index contributed by atoms with van der Waals surface area (Å²) in [5.41, 5.74) is 3.73. The molecule has 0 aromatic carbocycles. The number of carboxylic acid groups (broad SMARTS) is 1. The van der Waals surface area contributed by atoms with Crippen molar-refractivity contribution in [3.8, 4) is 5.75 Å². The third kappa shape index (κ3) is 3.77. The van der Waals surface area contributed by atoms with Gasteiger partial charge in [0.15, 0.2) is 5.75 Å². The molecule has 0 unspecified atom stereocenters. The van der Waals surface area contributed by atoms with Crippen molar-refractivity contribution in [2.75, 3.05) is 0 Å². The predicted octanol–water partition coefficient (Wildman–Crippen LogP) is 0.359. The number of hydrogen-bond acceptors (Lipinski definition) is 4. The van der Waals surface area contributed by atoms with E-state index in [4.69, 9.17) is 10.8 Å². The number of rotatable bonds is 4. The molecule has 1 aromatic rings. The lowest BCUT2D eigenvalue weighted by Crippen LogP contribution is -2.23. The highest BCUT2D eigenvalue weighted by Gasteiger charge is 2.33. The van der Waals surface area contributed by atoms with Crippen molar-refractivity contribution in [3.05, 3.63) is 27.7 Å². The third-order valence-electron chi connectivity index (χ3n) is 1.91. The van der Waals surface area contributed by atoms with Gasteiger partial charge in [0.2, 0.25) is 5.56 Å². The highest BCUT2D eigenvalue weighted by Crippen LogP contribution is 2.28. The molecule has 6 nitrogen and oxygen atoms in total. The minimum absolute atomic E-state index is 0.309. The van der Waals surface area contributed by atoms with E-state index in [0.717, 1.165) is 6.07 Å². The highest BCUT2D eigenvalue weighted by molar-refractivity contribution is 5.71. The lowest BCUT2D eigenvalue weighted by molar-refractivity contribution is -0.275. The fraction of sp³-hybridized carbons (Fsp3) is 0.333.